The van der Waals surface area contributed by atoms with Crippen LogP contribution in [0.1, 0.15) is 31.8 Å². The van der Waals surface area contributed by atoms with Crippen molar-refractivity contribution in [1.29, 1.82) is 0 Å². The van der Waals surface area contributed by atoms with Crippen LogP contribution < -0.4 is 4.72 Å². The molecule has 0 unspecified atom stereocenters. The monoisotopic (exact) mass is 473 g/mol. The minimum Gasteiger partial charge on any atom is -0.478 e. The van der Waals surface area contributed by atoms with Crippen molar-refractivity contribution in [2.75, 3.05) is 4.72 Å². The summed E-state index contributed by atoms with van der Waals surface area (Å²) in [5.41, 5.74) is 1.20. The van der Waals surface area contributed by atoms with Gasteiger partial charge in [-0.1, -0.05) is 34.1 Å². The van der Waals surface area contributed by atoms with Crippen molar-refractivity contribution in [3.8, 4) is 0 Å². The van der Waals surface area contributed by atoms with Crippen molar-refractivity contribution >= 4 is 43.4 Å². The fraction of sp³-hybridized carbons (Fsp3) is 0.0476. The van der Waals surface area contributed by atoms with Crippen LogP contribution in [-0.2, 0) is 10.0 Å². The van der Waals surface area contributed by atoms with Crippen LogP contribution in [0.15, 0.2) is 76.1 Å². The second-order valence-electron chi connectivity index (χ2n) is 6.31. The van der Waals surface area contributed by atoms with E-state index in [9.17, 15) is 18.0 Å². The maximum absolute atomic E-state index is 12.9. The van der Waals surface area contributed by atoms with Crippen LogP contribution in [0.2, 0.25) is 0 Å². The van der Waals surface area contributed by atoms with Gasteiger partial charge in [-0.25, -0.2) is 13.2 Å². The molecule has 0 aliphatic carbocycles. The Hall–Kier alpha value is -2.97. The first-order valence-electron chi connectivity index (χ1n) is 8.44. The predicted molar refractivity (Wildman–Crippen MR) is 113 cm³/mol. The standard InChI is InChI=1S/C21H16BrNO5S/c1-13-5-6-15(20(24)14-7-9-17(22)10-8-14)12-19(13)29(27,28)23-18-4-2-3-16(11-18)21(25)26/h2-12,23H,1H3,(H,25,26). The SMILES string of the molecule is Cc1ccc(C(=O)c2ccc(Br)cc2)cc1S(=O)(=O)Nc1cccc(C(=O)O)c1. The molecule has 0 heterocycles. The topological polar surface area (TPSA) is 101 Å². The third-order valence-electron chi connectivity index (χ3n) is 4.21. The summed E-state index contributed by atoms with van der Waals surface area (Å²) in [5, 5.41) is 9.07. The van der Waals surface area contributed by atoms with Crippen LogP contribution in [0.3, 0.4) is 0 Å². The molecule has 0 bridgehead atoms. The van der Waals surface area contributed by atoms with Crippen molar-refractivity contribution in [3.05, 3.63) is 93.5 Å². The highest BCUT2D eigenvalue weighted by molar-refractivity contribution is 9.10. The maximum Gasteiger partial charge on any atom is 0.335 e. The fourth-order valence-corrected chi connectivity index (χ4v) is 4.31. The number of benzene rings is 3. The van der Waals surface area contributed by atoms with Gasteiger partial charge in [-0.3, -0.25) is 9.52 Å². The molecule has 0 spiro atoms. The van der Waals surface area contributed by atoms with Gasteiger partial charge >= 0.3 is 5.97 Å². The van der Waals surface area contributed by atoms with Gasteiger partial charge in [0.15, 0.2) is 5.78 Å². The number of carbonyl (C=O) groups is 2. The second kappa shape index (κ2) is 8.18. The molecule has 3 rings (SSSR count). The van der Waals surface area contributed by atoms with Crippen molar-refractivity contribution in [3.63, 3.8) is 0 Å². The zero-order chi connectivity index (χ0) is 21.2. The van der Waals surface area contributed by atoms with Gasteiger partial charge in [0.2, 0.25) is 0 Å². The average molecular weight is 474 g/mol. The molecule has 0 aromatic heterocycles. The molecule has 3 aromatic carbocycles. The van der Waals surface area contributed by atoms with E-state index in [1.165, 1.54) is 30.3 Å². The number of hydrogen-bond acceptors (Lipinski definition) is 4. The summed E-state index contributed by atoms with van der Waals surface area (Å²) in [6, 6.07) is 16.7. The Morgan fingerprint density at radius 3 is 2.21 bits per heavy atom. The van der Waals surface area contributed by atoms with E-state index in [2.05, 4.69) is 20.7 Å². The van der Waals surface area contributed by atoms with Gasteiger partial charge in [0, 0.05) is 21.3 Å². The highest BCUT2D eigenvalue weighted by Gasteiger charge is 2.20. The zero-order valence-electron chi connectivity index (χ0n) is 15.2. The molecule has 148 valence electrons. The summed E-state index contributed by atoms with van der Waals surface area (Å²) < 4.78 is 29.0. The van der Waals surface area contributed by atoms with Crippen molar-refractivity contribution in [2.24, 2.45) is 0 Å². The lowest BCUT2D eigenvalue weighted by atomic mass is 10.0. The molecular weight excluding hydrogens is 458 g/mol. The van der Waals surface area contributed by atoms with E-state index in [0.717, 1.165) is 4.47 Å². The molecule has 6 nitrogen and oxygen atoms in total. The van der Waals surface area contributed by atoms with Crippen LogP contribution in [0.25, 0.3) is 0 Å². The van der Waals surface area contributed by atoms with Gasteiger partial charge in [0.05, 0.1) is 10.5 Å². The van der Waals surface area contributed by atoms with E-state index in [1.54, 1.807) is 43.3 Å². The predicted octanol–water partition coefficient (Wildman–Crippen LogP) is 4.49. The number of hydrogen-bond donors (Lipinski definition) is 2. The summed E-state index contributed by atoms with van der Waals surface area (Å²) >= 11 is 3.31. The molecule has 2 N–H and O–H groups in total. The zero-order valence-corrected chi connectivity index (χ0v) is 17.6. The number of carbonyl (C=O) groups excluding carboxylic acids is 1. The van der Waals surface area contributed by atoms with E-state index < -0.39 is 16.0 Å². The Balaban J connectivity index is 1.96. The number of sulfonamides is 1. The number of ketones is 1. The summed E-state index contributed by atoms with van der Waals surface area (Å²) in [5.74, 6) is -1.47. The first-order chi connectivity index (χ1) is 13.7. The van der Waals surface area contributed by atoms with Gasteiger partial charge in [-0.15, -0.1) is 0 Å². The Morgan fingerprint density at radius 1 is 0.897 bits per heavy atom. The molecule has 0 aliphatic rings. The van der Waals surface area contributed by atoms with E-state index in [4.69, 9.17) is 5.11 Å². The summed E-state index contributed by atoms with van der Waals surface area (Å²) in [6.07, 6.45) is 0. The Morgan fingerprint density at radius 2 is 1.55 bits per heavy atom. The van der Waals surface area contributed by atoms with E-state index in [-0.39, 0.29) is 27.5 Å². The summed E-state index contributed by atoms with van der Waals surface area (Å²) in [4.78, 5) is 23.8. The lowest BCUT2D eigenvalue weighted by Crippen LogP contribution is -2.15. The van der Waals surface area contributed by atoms with Crippen molar-refractivity contribution in [1.82, 2.24) is 0 Å². The lowest BCUT2D eigenvalue weighted by Gasteiger charge is -2.12. The highest BCUT2D eigenvalue weighted by Crippen LogP contribution is 2.23. The number of aryl methyl sites for hydroxylation is 1. The number of nitrogens with one attached hydrogen (secondary N) is 1. The average Bonchev–Trinajstić information content (AvgIpc) is 2.68. The van der Waals surface area contributed by atoms with Crippen LogP contribution in [-0.4, -0.2) is 25.3 Å². The van der Waals surface area contributed by atoms with Gasteiger partial charge in [0.25, 0.3) is 10.0 Å². The third kappa shape index (κ3) is 4.72. The summed E-state index contributed by atoms with van der Waals surface area (Å²) in [7, 11) is -4.03. The van der Waals surface area contributed by atoms with E-state index in [1.807, 2.05) is 0 Å². The molecule has 0 aliphatic heterocycles. The molecule has 8 heteroatoms. The van der Waals surface area contributed by atoms with Gasteiger partial charge in [0.1, 0.15) is 0 Å². The second-order valence-corrected chi connectivity index (χ2v) is 8.87. The Kier molecular flexibility index (Phi) is 5.86. The van der Waals surface area contributed by atoms with Gasteiger partial charge in [-0.05, 0) is 61.0 Å². The maximum atomic E-state index is 12.9. The number of anilines is 1. The third-order valence-corrected chi connectivity index (χ3v) is 6.26. The molecular formula is C21H16BrNO5S. The quantitative estimate of drug-likeness (QED) is 0.513. The van der Waals surface area contributed by atoms with Crippen LogP contribution in [0, 0.1) is 6.92 Å². The van der Waals surface area contributed by atoms with Crippen molar-refractivity contribution < 1.29 is 23.1 Å². The summed E-state index contributed by atoms with van der Waals surface area (Å²) in [6.45, 7) is 1.62. The van der Waals surface area contributed by atoms with Gasteiger partial charge < -0.3 is 5.11 Å². The van der Waals surface area contributed by atoms with Crippen LogP contribution >= 0.6 is 15.9 Å². The van der Waals surface area contributed by atoms with E-state index in [0.29, 0.717) is 11.1 Å². The van der Waals surface area contributed by atoms with Gasteiger partial charge in [-0.2, -0.15) is 0 Å². The molecule has 0 fully saturated rings. The first kappa shape index (κ1) is 20.8. The molecule has 29 heavy (non-hydrogen) atoms. The number of aromatic carboxylic acids is 1. The number of carboxylic acids is 1. The number of halogens is 1. The van der Waals surface area contributed by atoms with Crippen LogP contribution in [0.4, 0.5) is 5.69 Å². The Labute approximate surface area is 176 Å². The number of carboxylic acid groups (broad SMARTS) is 1. The molecule has 0 saturated heterocycles. The minimum absolute atomic E-state index is 0.0407. The highest BCUT2D eigenvalue weighted by atomic mass is 79.9. The Bertz CT molecular complexity index is 1200. The normalized spacial score (nSPS) is 11.1. The fourth-order valence-electron chi connectivity index (χ4n) is 2.72. The molecule has 3 aromatic rings. The van der Waals surface area contributed by atoms with Crippen molar-refractivity contribution in [2.45, 2.75) is 11.8 Å². The molecule has 0 atom stereocenters. The largest absolute Gasteiger partial charge is 0.478 e. The molecule has 0 amide bonds. The van der Waals surface area contributed by atoms with E-state index >= 15 is 0 Å². The molecule has 0 radical (unpaired) electrons. The smallest absolute Gasteiger partial charge is 0.335 e. The van der Waals surface area contributed by atoms with Crippen LogP contribution in [0.5, 0.6) is 0 Å². The first-order valence-corrected chi connectivity index (χ1v) is 10.7. The lowest BCUT2D eigenvalue weighted by molar-refractivity contribution is 0.0696. The molecule has 0 saturated carbocycles. The number of rotatable bonds is 6. The minimum atomic E-state index is -4.03.